The van der Waals surface area contributed by atoms with Gasteiger partial charge in [0, 0.05) is 24.5 Å². The van der Waals surface area contributed by atoms with Crippen molar-refractivity contribution in [1.29, 1.82) is 0 Å². The monoisotopic (exact) mass is 626 g/mol. The molecule has 0 spiro atoms. The Morgan fingerprint density at radius 3 is 2.65 bits per heavy atom. The smallest absolute Gasteiger partial charge is 0.161 e. The molecule has 1 saturated carbocycles. The van der Waals surface area contributed by atoms with Crippen molar-refractivity contribution in [1.82, 2.24) is 9.97 Å². The van der Waals surface area contributed by atoms with Crippen molar-refractivity contribution < 1.29 is 20.1 Å². The Bertz CT molecular complexity index is 1420. The van der Waals surface area contributed by atoms with Gasteiger partial charge in [0.15, 0.2) is 11.5 Å². The molecule has 1 fully saturated rings. The highest BCUT2D eigenvalue weighted by Gasteiger charge is 2.40. The van der Waals surface area contributed by atoms with Crippen molar-refractivity contribution in [2.45, 2.75) is 120 Å². The first kappa shape index (κ1) is 33.9. The molecule has 7 heteroatoms. The van der Waals surface area contributed by atoms with Gasteiger partial charge in [0.2, 0.25) is 0 Å². The van der Waals surface area contributed by atoms with Crippen LogP contribution in [0.5, 0.6) is 11.5 Å². The van der Waals surface area contributed by atoms with Gasteiger partial charge in [-0.3, -0.25) is 0 Å². The lowest BCUT2D eigenvalue weighted by molar-refractivity contribution is 0.00559. The number of nitrogens with zero attached hydrogens (tertiary/aromatic N) is 2. The highest BCUT2D eigenvalue weighted by molar-refractivity contribution is 5.42. The zero-order valence-electron chi connectivity index (χ0n) is 27.4. The fraction of sp³-hybridized carbons (Fsp3) is 0.564. The number of ether oxygens (including phenoxy) is 1. The van der Waals surface area contributed by atoms with Crippen LogP contribution in [0.25, 0.3) is 0 Å². The minimum atomic E-state index is -0.660. The van der Waals surface area contributed by atoms with Gasteiger partial charge >= 0.3 is 0 Å². The summed E-state index contributed by atoms with van der Waals surface area (Å²) in [7, 11) is 0. The second kappa shape index (κ2) is 16.4. The number of aryl methyl sites for hydroxylation is 1. The molecule has 5 N–H and O–H groups in total. The Labute approximate surface area is 275 Å². The third kappa shape index (κ3) is 8.46. The van der Waals surface area contributed by atoms with Crippen LogP contribution < -0.4 is 15.5 Å². The topological polar surface area (TPSA) is 123 Å². The lowest BCUT2D eigenvalue weighted by atomic mass is 9.61. The molecule has 2 heterocycles. The summed E-state index contributed by atoms with van der Waals surface area (Å²) in [5.41, 5.74) is 9.30. The molecule has 5 unspecified atom stereocenters. The van der Waals surface area contributed by atoms with Crippen LogP contribution in [0.15, 0.2) is 54.9 Å². The molecule has 1 aromatic carbocycles. The highest BCUT2D eigenvalue weighted by atomic mass is 16.5. The standard InChI is InChI=1S/C39H52N3O4/c1-2-28-10-4-5-13-33(43)31(12-8-11-28)34(44)17-15-29-16-18-35(45)36(26-29)46-25-20-32(30-19-24-42-38(40)27-30)39(21-6-3-7-22-39)37-14-9-23-41-37/h9,14,16,18-19,23-24,26-28,31-34,43-45H,2-7,10,12-13,15,17,20-22,25H2,1H3,(H2,40,42)/q-1. The second-order valence-electron chi connectivity index (χ2n) is 13.5. The van der Waals surface area contributed by atoms with Crippen LogP contribution in [0, 0.1) is 23.7 Å². The number of aromatic hydroxyl groups is 1. The van der Waals surface area contributed by atoms with Crippen LogP contribution in [0.2, 0.25) is 0 Å². The molecule has 46 heavy (non-hydrogen) atoms. The molecular formula is C39H52N3O4-. The molecule has 7 nitrogen and oxygen atoms in total. The molecule has 0 bridgehead atoms. The summed E-state index contributed by atoms with van der Waals surface area (Å²) in [5, 5.41) is 32.8. The van der Waals surface area contributed by atoms with Gasteiger partial charge in [-0.2, -0.15) is 11.9 Å². The molecule has 3 aromatic rings. The fourth-order valence-electron chi connectivity index (χ4n) is 7.84. The third-order valence-electron chi connectivity index (χ3n) is 10.5. The van der Waals surface area contributed by atoms with Crippen LogP contribution in [0.4, 0.5) is 5.82 Å². The average Bonchev–Trinajstić information content (AvgIpc) is 3.62. The number of hydrogen-bond donors (Lipinski definition) is 4. The molecular weight excluding hydrogens is 574 g/mol. The molecule has 2 aliphatic rings. The Morgan fingerprint density at radius 1 is 1.07 bits per heavy atom. The Balaban J connectivity index is 1.26. The van der Waals surface area contributed by atoms with Crippen LogP contribution >= 0.6 is 0 Å². The minimum absolute atomic E-state index is 0.0996. The predicted octanol–water partition coefficient (Wildman–Crippen LogP) is 7.05. The van der Waals surface area contributed by atoms with E-state index < -0.39 is 12.2 Å². The molecule has 5 rings (SSSR count). The van der Waals surface area contributed by atoms with E-state index >= 15 is 0 Å². The number of phenols is 1. The summed E-state index contributed by atoms with van der Waals surface area (Å²) in [6, 6.07) is 13.7. The van der Waals surface area contributed by atoms with Crippen LogP contribution in [0.3, 0.4) is 0 Å². The van der Waals surface area contributed by atoms with E-state index in [1.165, 1.54) is 6.42 Å². The number of aliphatic hydroxyl groups is 2. The highest BCUT2D eigenvalue weighted by Crippen LogP contribution is 2.50. The number of aromatic nitrogens is 2. The predicted molar refractivity (Wildman–Crippen MR) is 183 cm³/mol. The van der Waals surface area contributed by atoms with Gasteiger partial charge in [-0.25, -0.2) is 4.98 Å². The molecule has 0 amide bonds. The van der Waals surface area contributed by atoms with Crippen LogP contribution in [0.1, 0.15) is 113 Å². The first-order valence-corrected chi connectivity index (χ1v) is 17.5. The quantitative estimate of drug-likeness (QED) is 0.159. The molecule has 0 aliphatic heterocycles. The van der Waals surface area contributed by atoms with Crippen molar-refractivity contribution in [3.8, 4) is 23.3 Å². The van der Waals surface area contributed by atoms with Gasteiger partial charge in [-0.15, -0.1) is 5.92 Å². The lowest BCUT2D eigenvalue weighted by Gasteiger charge is -2.47. The number of nitrogen functional groups attached to an aromatic ring is 1. The summed E-state index contributed by atoms with van der Waals surface area (Å²) in [6.45, 7) is 2.59. The lowest BCUT2D eigenvalue weighted by Crippen LogP contribution is -2.37. The Kier molecular flexibility index (Phi) is 12.1. The number of hydrogen-bond acceptors (Lipinski definition) is 6. The van der Waals surface area contributed by atoms with E-state index in [2.05, 4.69) is 35.9 Å². The number of pyridine rings is 1. The number of aliphatic hydroxyl groups excluding tert-OH is 2. The number of nitrogens with two attached hydrogens (primary N) is 1. The second-order valence-corrected chi connectivity index (χ2v) is 13.5. The van der Waals surface area contributed by atoms with Crippen molar-refractivity contribution in [3.05, 3.63) is 71.7 Å². The van der Waals surface area contributed by atoms with E-state index in [0.717, 1.165) is 74.6 Å². The first-order chi connectivity index (χ1) is 22.4. The van der Waals surface area contributed by atoms with Gasteiger partial charge < -0.3 is 30.8 Å². The summed E-state index contributed by atoms with van der Waals surface area (Å²) < 4.78 is 6.29. The largest absolute Gasteiger partial charge is 0.667 e. The van der Waals surface area contributed by atoms with E-state index in [4.69, 9.17) is 15.5 Å². The van der Waals surface area contributed by atoms with Crippen LogP contribution in [-0.2, 0) is 11.8 Å². The Hall–Kier alpha value is -3.47. The van der Waals surface area contributed by atoms with Crippen LogP contribution in [-0.4, -0.2) is 39.1 Å². The maximum Gasteiger partial charge on any atom is 0.161 e. The number of anilines is 1. The molecule has 0 radical (unpaired) electrons. The van der Waals surface area contributed by atoms with Gasteiger partial charge in [-0.05, 0) is 98.1 Å². The van der Waals surface area contributed by atoms with E-state index in [-0.39, 0.29) is 23.0 Å². The number of phenolic OH excluding ortho intramolecular Hbond substituents is 1. The maximum absolute atomic E-state index is 11.2. The van der Waals surface area contributed by atoms with E-state index in [1.54, 1.807) is 12.3 Å². The Morgan fingerprint density at radius 2 is 1.89 bits per heavy atom. The average molecular weight is 627 g/mol. The summed E-state index contributed by atoms with van der Waals surface area (Å²) in [4.78, 5) is 9.05. The van der Waals surface area contributed by atoms with E-state index in [1.807, 2.05) is 30.5 Å². The number of rotatable bonds is 12. The normalized spacial score (nSPS) is 23.1. The van der Waals surface area contributed by atoms with Crippen molar-refractivity contribution in [2.75, 3.05) is 12.3 Å². The summed E-state index contributed by atoms with van der Waals surface area (Å²) >= 11 is 0. The number of benzene rings is 1. The van der Waals surface area contributed by atoms with Gasteiger partial charge in [0.1, 0.15) is 5.82 Å². The molecule has 2 aromatic heterocycles. The molecule has 2 aliphatic carbocycles. The van der Waals surface area contributed by atoms with Gasteiger partial charge in [0.05, 0.1) is 18.8 Å². The van der Waals surface area contributed by atoms with Gasteiger partial charge in [0.25, 0.3) is 0 Å². The van der Waals surface area contributed by atoms with Gasteiger partial charge in [-0.1, -0.05) is 63.1 Å². The molecule has 5 atom stereocenters. The SMILES string of the molecule is CCC1C#CCC(C(O)CCc2ccc(O)c(OCCC(c3ccnc(N)c3)C3(c4ccc[n-]4)CCCCC3)c2)C(O)CCCC1. The molecule has 0 saturated heterocycles. The maximum atomic E-state index is 11.2. The van der Waals surface area contributed by atoms with E-state index in [0.29, 0.717) is 49.8 Å². The summed E-state index contributed by atoms with van der Waals surface area (Å²) in [5.74, 6) is 7.97. The first-order valence-electron chi connectivity index (χ1n) is 17.5. The van der Waals surface area contributed by atoms with E-state index in [9.17, 15) is 15.3 Å². The minimum Gasteiger partial charge on any atom is -0.667 e. The fourth-order valence-corrected chi connectivity index (χ4v) is 7.84. The van der Waals surface area contributed by atoms with Crippen molar-refractivity contribution in [3.63, 3.8) is 0 Å². The van der Waals surface area contributed by atoms with Crippen molar-refractivity contribution in [2.24, 2.45) is 11.8 Å². The zero-order valence-corrected chi connectivity index (χ0v) is 27.4. The van der Waals surface area contributed by atoms with Crippen molar-refractivity contribution >= 4 is 5.82 Å². The summed E-state index contributed by atoms with van der Waals surface area (Å²) in [6.07, 6.45) is 15.3. The molecule has 248 valence electrons. The third-order valence-corrected chi connectivity index (χ3v) is 10.5. The zero-order chi connectivity index (χ0) is 32.4.